The van der Waals surface area contributed by atoms with Crippen LogP contribution in [0.2, 0.25) is 0 Å². The molecular formula is C19H14N4O3. The summed E-state index contributed by atoms with van der Waals surface area (Å²) in [5, 5.41) is 10.9. The van der Waals surface area contributed by atoms with Crippen LogP contribution in [0.3, 0.4) is 0 Å². The van der Waals surface area contributed by atoms with Crippen LogP contribution in [0.1, 0.15) is 5.56 Å². The minimum absolute atomic E-state index is 0.0362. The highest BCUT2D eigenvalue weighted by Gasteiger charge is 2.17. The third kappa shape index (κ3) is 3.96. The number of hydrogen-bond acceptors (Lipinski definition) is 5. The molecule has 0 fully saturated rings. The molecule has 128 valence electrons. The quantitative estimate of drug-likeness (QED) is 0.399. The summed E-state index contributed by atoms with van der Waals surface area (Å²) >= 11 is 0. The van der Waals surface area contributed by atoms with E-state index in [2.05, 4.69) is 9.97 Å². The van der Waals surface area contributed by atoms with Crippen molar-refractivity contribution >= 4 is 29.3 Å². The number of hydrogen-bond donors (Lipinski definition) is 0. The van der Waals surface area contributed by atoms with Crippen LogP contribution in [-0.4, -0.2) is 20.8 Å². The second kappa shape index (κ2) is 7.80. The first-order valence-electron chi connectivity index (χ1n) is 7.74. The zero-order chi connectivity index (χ0) is 18.4. The smallest absolute Gasteiger partial charge is 0.269 e. The first-order valence-corrected chi connectivity index (χ1v) is 7.74. The molecule has 7 heteroatoms. The van der Waals surface area contributed by atoms with Gasteiger partial charge >= 0.3 is 0 Å². The van der Waals surface area contributed by atoms with Crippen LogP contribution in [0.15, 0.2) is 79.1 Å². The van der Waals surface area contributed by atoms with E-state index in [-0.39, 0.29) is 11.6 Å². The monoisotopic (exact) mass is 346 g/mol. The van der Waals surface area contributed by atoms with Crippen LogP contribution < -0.4 is 4.90 Å². The number of anilines is 2. The summed E-state index contributed by atoms with van der Waals surface area (Å²) in [6.07, 6.45) is 6.03. The Balaban J connectivity index is 1.91. The summed E-state index contributed by atoms with van der Waals surface area (Å²) in [5.41, 5.74) is 0.514. The number of benzene rings is 1. The molecule has 0 aliphatic rings. The lowest BCUT2D eigenvalue weighted by molar-refractivity contribution is -0.384. The Labute approximate surface area is 149 Å². The predicted molar refractivity (Wildman–Crippen MR) is 97.8 cm³/mol. The fraction of sp³-hybridized carbons (Fsp3) is 0. The largest absolute Gasteiger partial charge is 0.270 e. The Morgan fingerprint density at radius 2 is 1.62 bits per heavy atom. The van der Waals surface area contributed by atoms with Crippen LogP contribution in [-0.2, 0) is 4.79 Å². The van der Waals surface area contributed by atoms with Crippen molar-refractivity contribution < 1.29 is 9.72 Å². The van der Waals surface area contributed by atoms with Gasteiger partial charge in [0, 0.05) is 30.6 Å². The average Bonchev–Trinajstić information content (AvgIpc) is 2.68. The number of non-ortho nitro benzene ring substituents is 1. The van der Waals surface area contributed by atoms with Crippen molar-refractivity contribution in [1.29, 1.82) is 0 Å². The number of carbonyl (C=O) groups excluding carboxylic acids is 1. The Morgan fingerprint density at radius 3 is 2.15 bits per heavy atom. The number of nitro groups is 1. The van der Waals surface area contributed by atoms with Gasteiger partial charge in [0.1, 0.15) is 11.6 Å². The van der Waals surface area contributed by atoms with Crippen molar-refractivity contribution in [3.8, 4) is 0 Å². The molecular weight excluding hydrogens is 332 g/mol. The molecule has 0 aliphatic carbocycles. The molecule has 3 aromatic rings. The highest BCUT2D eigenvalue weighted by atomic mass is 16.6. The number of aromatic nitrogens is 2. The Bertz CT molecular complexity index is 904. The van der Waals surface area contributed by atoms with Gasteiger partial charge in [0.2, 0.25) is 0 Å². The molecule has 2 heterocycles. The van der Waals surface area contributed by atoms with Gasteiger partial charge in [0.25, 0.3) is 11.6 Å². The number of amides is 1. The number of nitrogens with zero attached hydrogens (tertiary/aromatic N) is 4. The second-order valence-corrected chi connectivity index (χ2v) is 5.23. The Hall–Kier alpha value is -3.87. The van der Waals surface area contributed by atoms with Gasteiger partial charge in [0.15, 0.2) is 0 Å². The molecule has 26 heavy (non-hydrogen) atoms. The fourth-order valence-electron chi connectivity index (χ4n) is 2.30. The molecule has 0 bridgehead atoms. The summed E-state index contributed by atoms with van der Waals surface area (Å²) < 4.78 is 0. The summed E-state index contributed by atoms with van der Waals surface area (Å²) in [6, 6.07) is 16.5. The van der Waals surface area contributed by atoms with E-state index in [1.54, 1.807) is 60.9 Å². The molecule has 1 aromatic carbocycles. The van der Waals surface area contributed by atoms with Crippen molar-refractivity contribution in [2.24, 2.45) is 0 Å². The molecule has 0 atom stereocenters. The van der Waals surface area contributed by atoms with E-state index in [1.807, 2.05) is 0 Å². The fourth-order valence-corrected chi connectivity index (χ4v) is 2.30. The lowest BCUT2D eigenvalue weighted by Gasteiger charge is -2.18. The summed E-state index contributed by atoms with van der Waals surface area (Å²) in [4.78, 5) is 32.9. The van der Waals surface area contributed by atoms with Crippen LogP contribution >= 0.6 is 0 Å². The van der Waals surface area contributed by atoms with Crippen LogP contribution in [0.4, 0.5) is 17.3 Å². The molecule has 0 N–H and O–H groups in total. The maximum atomic E-state index is 12.8. The molecule has 0 radical (unpaired) electrons. The average molecular weight is 346 g/mol. The van der Waals surface area contributed by atoms with Crippen molar-refractivity contribution in [1.82, 2.24) is 9.97 Å². The molecule has 1 amide bonds. The number of rotatable bonds is 5. The lowest BCUT2D eigenvalue weighted by Crippen LogP contribution is -2.25. The first kappa shape index (κ1) is 17.0. The SMILES string of the molecule is O=C(C=Cc1cccc([N+](=O)[O-])c1)N(c1ccccn1)c1ccccn1. The molecule has 7 nitrogen and oxygen atoms in total. The van der Waals surface area contributed by atoms with Gasteiger partial charge < -0.3 is 0 Å². The third-order valence-electron chi connectivity index (χ3n) is 3.48. The lowest BCUT2D eigenvalue weighted by atomic mass is 10.2. The van der Waals surface area contributed by atoms with E-state index < -0.39 is 4.92 Å². The molecule has 0 saturated carbocycles. The number of pyridine rings is 2. The van der Waals surface area contributed by atoms with E-state index in [4.69, 9.17) is 0 Å². The van der Waals surface area contributed by atoms with Crippen LogP contribution in [0.25, 0.3) is 6.08 Å². The van der Waals surface area contributed by atoms with Crippen LogP contribution in [0.5, 0.6) is 0 Å². The van der Waals surface area contributed by atoms with E-state index in [0.717, 1.165) is 0 Å². The van der Waals surface area contributed by atoms with E-state index >= 15 is 0 Å². The zero-order valence-corrected chi connectivity index (χ0v) is 13.6. The summed E-state index contributed by atoms with van der Waals surface area (Å²) in [7, 11) is 0. The molecule has 0 spiro atoms. The van der Waals surface area contributed by atoms with Crippen molar-refractivity contribution in [3.05, 3.63) is 94.8 Å². The first-order chi connectivity index (χ1) is 12.6. The van der Waals surface area contributed by atoms with Gasteiger partial charge in [-0.1, -0.05) is 24.3 Å². The minimum Gasteiger partial charge on any atom is -0.269 e. The van der Waals surface area contributed by atoms with E-state index in [9.17, 15) is 14.9 Å². The maximum absolute atomic E-state index is 12.8. The van der Waals surface area contributed by atoms with E-state index in [1.165, 1.54) is 29.2 Å². The summed E-state index contributed by atoms with van der Waals surface area (Å²) in [6.45, 7) is 0. The number of nitro benzene ring substituents is 1. The van der Waals surface area contributed by atoms with Gasteiger partial charge in [-0.15, -0.1) is 0 Å². The van der Waals surface area contributed by atoms with Gasteiger partial charge in [-0.2, -0.15) is 0 Å². The molecule has 3 rings (SSSR count). The van der Waals surface area contributed by atoms with E-state index in [0.29, 0.717) is 17.2 Å². The van der Waals surface area contributed by atoms with Crippen molar-refractivity contribution in [2.45, 2.75) is 0 Å². The van der Waals surface area contributed by atoms with Crippen molar-refractivity contribution in [3.63, 3.8) is 0 Å². The van der Waals surface area contributed by atoms with Gasteiger partial charge in [-0.25, -0.2) is 14.9 Å². The van der Waals surface area contributed by atoms with Crippen molar-refractivity contribution in [2.75, 3.05) is 4.90 Å². The van der Waals surface area contributed by atoms with Gasteiger partial charge in [-0.05, 0) is 35.9 Å². The topological polar surface area (TPSA) is 89.2 Å². The third-order valence-corrected chi connectivity index (χ3v) is 3.48. The van der Waals surface area contributed by atoms with Gasteiger partial charge in [-0.3, -0.25) is 14.9 Å². The molecule has 0 aliphatic heterocycles. The predicted octanol–water partition coefficient (Wildman–Crippen LogP) is 3.76. The second-order valence-electron chi connectivity index (χ2n) is 5.23. The van der Waals surface area contributed by atoms with Crippen LogP contribution in [0, 0.1) is 10.1 Å². The standard InChI is InChI=1S/C19H14N4O3/c24-19(11-10-15-6-5-7-16(14-15)23(25)26)22(17-8-1-3-12-20-17)18-9-2-4-13-21-18/h1-14H. The summed E-state index contributed by atoms with van der Waals surface area (Å²) in [5.74, 6) is 0.494. The highest BCUT2D eigenvalue weighted by molar-refractivity contribution is 6.07. The number of carbonyl (C=O) groups is 1. The zero-order valence-electron chi connectivity index (χ0n) is 13.6. The Kier molecular flexibility index (Phi) is 5.09. The maximum Gasteiger partial charge on any atom is 0.270 e. The Morgan fingerprint density at radius 1 is 0.962 bits per heavy atom. The molecule has 0 saturated heterocycles. The highest BCUT2D eigenvalue weighted by Crippen LogP contribution is 2.22. The molecule has 0 unspecified atom stereocenters. The molecule has 2 aromatic heterocycles. The minimum atomic E-state index is -0.479. The normalized spacial score (nSPS) is 10.6. The van der Waals surface area contributed by atoms with Gasteiger partial charge in [0.05, 0.1) is 4.92 Å².